The zero-order valence-corrected chi connectivity index (χ0v) is 12.2. The van der Waals surface area contributed by atoms with Crippen LogP contribution in [0.1, 0.15) is 17.3 Å². The van der Waals surface area contributed by atoms with Crippen LogP contribution in [-0.4, -0.2) is 31.4 Å². The monoisotopic (exact) mass is 311 g/mol. The Morgan fingerprint density at radius 3 is 3.00 bits per heavy atom. The molecule has 0 bridgehead atoms. The number of benzene rings is 1. The molecular weight excluding hydrogens is 297 g/mol. The lowest BCUT2D eigenvalue weighted by Crippen LogP contribution is -2.20. The molecule has 0 fully saturated rings. The van der Waals surface area contributed by atoms with Gasteiger partial charge < -0.3 is 9.42 Å². The van der Waals surface area contributed by atoms with Crippen LogP contribution in [0.4, 0.5) is 10.1 Å². The summed E-state index contributed by atoms with van der Waals surface area (Å²) in [5, 5.41) is 3.65. The summed E-state index contributed by atoms with van der Waals surface area (Å²) in [4.78, 5) is 6.00. The summed E-state index contributed by atoms with van der Waals surface area (Å²) in [7, 11) is -3.19. The molecule has 21 heavy (non-hydrogen) atoms. The summed E-state index contributed by atoms with van der Waals surface area (Å²) < 4.78 is 40.7. The van der Waals surface area contributed by atoms with Gasteiger partial charge in [0.25, 0.3) is 0 Å². The number of hydrogen-bond donors (Lipinski definition) is 0. The van der Waals surface area contributed by atoms with Crippen LogP contribution in [0, 0.1) is 5.82 Å². The summed E-state index contributed by atoms with van der Waals surface area (Å²) in [6, 6.07) is 4.70. The first-order valence-corrected chi connectivity index (χ1v) is 8.49. The summed E-state index contributed by atoms with van der Waals surface area (Å²) in [6.45, 7) is 1.08. The first kappa shape index (κ1) is 14.0. The molecule has 0 spiro atoms. The lowest BCUT2D eigenvalue weighted by molar-refractivity contribution is 0.372. The highest BCUT2D eigenvalue weighted by atomic mass is 32.2. The molecule has 2 aromatic rings. The smallest absolute Gasteiger partial charge is 0.246 e. The lowest BCUT2D eigenvalue weighted by atomic mass is 10.2. The second-order valence-corrected chi connectivity index (χ2v) is 7.26. The molecule has 8 heteroatoms. The SMILES string of the molecule is CS(=O)(=O)Cc1noc(CN2CCc3ccc(F)cc32)n1. The lowest BCUT2D eigenvalue weighted by Gasteiger charge is -2.16. The highest BCUT2D eigenvalue weighted by Crippen LogP contribution is 2.29. The van der Waals surface area contributed by atoms with Gasteiger partial charge in [0.1, 0.15) is 11.6 Å². The number of hydrogen-bond acceptors (Lipinski definition) is 6. The van der Waals surface area contributed by atoms with Crippen molar-refractivity contribution in [1.82, 2.24) is 10.1 Å². The molecule has 112 valence electrons. The molecule has 0 aliphatic carbocycles. The van der Waals surface area contributed by atoms with Crippen LogP contribution in [0.2, 0.25) is 0 Å². The van der Waals surface area contributed by atoms with Crippen molar-refractivity contribution in [1.29, 1.82) is 0 Å². The maximum atomic E-state index is 13.3. The second-order valence-electron chi connectivity index (χ2n) is 5.12. The Kier molecular flexibility index (Phi) is 3.40. The van der Waals surface area contributed by atoms with Gasteiger partial charge in [-0.2, -0.15) is 4.98 Å². The van der Waals surface area contributed by atoms with Crippen molar-refractivity contribution in [2.75, 3.05) is 17.7 Å². The topological polar surface area (TPSA) is 76.3 Å². The molecule has 1 aromatic heterocycles. The molecule has 0 saturated carbocycles. The van der Waals surface area contributed by atoms with Crippen LogP contribution in [-0.2, 0) is 28.6 Å². The Morgan fingerprint density at radius 2 is 2.24 bits per heavy atom. The van der Waals surface area contributed by atoms with Crippen LogP contribution in [0.5, 0.6) is 0 Å². The van der Waals surface area contributed by atoms with Gasteiger partial charge in [0.2, 0.25) is 5.89 Å². The van der Waals surface area contributed by atoms with Crippen molar-refractivity contribution in [3.8, 4) is 0 Å². The summed E-state index contributed by atoms with van der Waals surface area (Å²) in [5.74, 6) is -0.0669. The Labute approximate surface area is 121 Å². The standard InChI is InChI=1S/C13H14FN3O3S/c1-21(18,19)8-12-15-13(20-16-12)7-17-5-4-9-2-3-10(14)6-11(9)17/h2-3,6H,4-5,7-8H2,1H3. The van der Waals surface area contributed by atoms with E-state index in [1.807, 2.05) is 4.90 Å². The van der Waals surface area contributed by atoms with Crippen LogP contribution in [0.25, 0.3) is 0 Å². The molecule has 0 unspecified atom stereocenters. The highest BCUT2D eigenvalue weighted by molar-refractivity contribution is 7.89. The molecule has 2 heterocycles. The number of rotatable bonds is 4. The third-order valence-corrected chi connectivity index (χ3v) is 4.05. The van der Waals surface area contributed by atoms with Crippen molar-refractivity contribution in [2.45, 2.75) is 18.7 Å². The van der Waals surface area contributed by atoms with Gasteiger partial charge in [-0.1, -0.05) is 11.2 Å². The average Bonchev–Trinajstić information content (AvgIpc) is 2.96. The second kappa shape index (κ2) is 5.10. The van der Waals surface area contributed by atoms with Gasteiger partial charge >= 0.3 is 0 Å². The van der Waals surface area contributed by atoms with E-state index in [-0.39, 0.29) is 17.4 Å². The molecule has 0 radical (unpaired) electrons. The normalized spacial score (nSPS) is 14.5. The van der Waals surface area contributed by atoms with Gasteiger partial charge in [0.05, 0.1) is 6.54 Å². The summed E-state index contributed by atoms with van der Waals surface area (Å²) in [5.41, 5.74) is 1.89. The Hall–Kier alpha value is -1.96. The third kappa shape index (κ3) is 3.21. The molecule has 1 aliphatic rings. The van der Waals surface area contributed by atoms with Gasteiger partial charge in [0, 0.05) is 18.5 Å². The van der Waals surface area contributed by atoms with Crippen LogP contribution >= 0.6 is 0 Å². The molecule has 0 N–H and O–H groups in total. The zero-order valence-electron chi connectivity index (χ0n) is 11.4. The Morgan fingerprint density at radius 1 is 1.43 bits per heavy atom. The van der Waals surface area contributed by atoms with Crippen molar-refractivity contribution >= 4 is 15.5 Å². The van der Waals surface area contributed by atoms with Gasteiger partial charge in [-0.15, -0.1) is 0 Å². The van der Waals surface area contributed by atoms with Gasteiger partial charge in [-0.05, 0) is 24.1 Å². The Balaban J connectivity index is 1.76. The number of anilines is 1. The molecule has 6 nitrogen and oxygen atoms in total. The predicted molar refractivity (Wildman–Crippen MR) is 74.0 cm³/mol. The van der Waals surface area contributed by atoms with Crippen molar-refractivity contribution in [2.24, 2.45) is 0 Å². The van der Waals surface area contributed by atoms with E-state index in [0.717, 1.165) is 30.5 Å². The minimum absolute atomic E-state index is 0.145. The number of halogens is 1. The fourth-order valence-electron chi connectivity index (χ4n) is 2.39. The first-order valence-electron chi connectivity index (χ1n) is 6.43. The molecule has 1 aromatic carbocycles. The van der Waals surface area contributed by atoms with Gasteiger partial charge in [-0.3, -0.25) is 0 Å². The van der Waals surface area contributed by atoms with E-state index in [4.69, 9.17) is 4.52 Å². The summed E-state index contributed by atoms with van der Waals surface area (Å²) in [6.07, 6.45) is 1.95. The minimum Gasteiger partial charge on any atom is -0.362 e. The number of aromatic nitrogens is 2. The molecule has 0 amide bonds. The largest absolute Gasteiger partial charge is 0.362 e. The molecule has 0 saturated heterocycles. The maximum absolute atomic E-state index is 13.3. The molecule has 0 atom stereocenters. The van der Waals surface area contributed by atoms with Crippen LogP contribution in [0.3, 0.4) is 0 Å². The first-order chi connectivity index (χ1) is 9.90. The van der Waals surface area contributed by atoms with Crippen molar-refractivity contribution < 1.29 is 17.3 Å². The average molecular weight is 311 g/mol. The number of nitrogens with zero attached hydrogens (tertiary/aromatic N) is 3. The van der Waals surface area contributed by atoms with E-state index < -0.39 is 9.84 Å². The van der Waals surface area contributed by atoms with Gasteiger partial charge in [0.15, 0.2) is 15.7 Å². The minimum atomic E-state index is -3.19. The predicted octanol–water partition coefficient (Wildman–Crippen LogP) is 1.32. The summed E-state index contributed by atoms with van der Waals surface area (Å²) >= 11 is 0. The molecular formula is C13H14FN3O3S. The quantitative estimate of drug-likeness (QED) is 0.847. The van der Waals surface area contributed by atoms with E-state index in [1.165, 1.54) is 12.1 Å². The fourth-order valence-corrected chi connectivity index (χ4v) is 2.98. The fraction of sp³-hybridized carbons (Fsp3) is 0.385. The van der Waals surface area contributed by atoms with Crippen LogP contribution in [0.15, 0.2) is 22.7 Å². The van der Waals surface area contributed by atoms with Gasteiger partial charge in [-0.25, -0.2) is 12.8 Å². The van der Waals surface area contributed by atoms with Crippen molar-refractivity contribution in [3.63, 3.8) is 0 Å². The van der Waals surface area contributed by atoms with E-state index in [0.29, 0.717) is 12.4 Å². The Bertz CT molecular complexity index is 773. The van der Waals surface area contributed by atoms with Crippen LogP contribution < -0.4 is 4.90 Å². The number of fused-ring (bicyclic) bond motifs is 1. The maximum Gasteiger partial charge on any atom is 0.246 e. The van der Waals surface area contributed by atoms with E-state index in [1.54, 1.807) is 6.07 Å². The van der Waals surface area contributed by atoms with E-state index >= 15 is 0 Å². The molecule has 1 aliphatic heterocycles. The van der Waals surface area contributed by atoms with E-state index in [9.17, 15) is 12.8 Å². The number of sulfone groups is 1. The van der Waals surface area contributed by atoms with Crippen molar-refractivity contribution in [3.05, 3.63) is 41.3 Å². The molecule has 3 rings (SSSR count). The zero-order chi connectivity index (χ0) is 15.0. The highest BCUT2D eigenvalue weighted by Gasteiger charge is 2.22. The third-order valence-electron chi connectivity index (χ3n) is 3.27. The van der Waals surface area contributed by atoms with E-state index in [2.05, 4.69) is 10.1 Å².